The number of aliphatic hydroxyl groups is 1. The lowest BCUT2D eigenvalue weighted by Crippen LogP contribution is -2.54. The summed E-state index contributed by atoms with van der Waals surface area (Å²) in [5.74, 6) is 3.23. The number of aliphatic carboxylic acids is 1. The standard InChI is InChI=1S/C26H43NO4/c1-16(4-9-23(29)27-15-24(30)31)20-7-8-21-19-6-5-17-14-18(28)10-12-25(17,2)22(19)11-13-26(20,21)3/h16-22,28H,4-15H2,1-3H3,(H,27,29)(H,30,31)/t16-,17+,18-,19+,20-,21-,22-,25+,26-/m1/s1. The van der Waals surface area contributed by atoms with Gasteiger partial charge in [0.05, 0.1) is 6.10 Å². The third kappa shape index (κ3) is 4.16. The Bertz CT molecular complexity index is 695. The van der Waals surface area contributed by atoms with Gasteiger partial charge in [0.15, 0.2) is 0 Å². The quantitative estimate of drug-likeness (QED) is 0.570. The number of rotatable bonds is 6. The molecule has 176 valence electrons. The molecular weight excluding hydrogens is 390 g/mol. The molecule has 0 aromatic carbocycles. The minimum absolute atomic E-state index is 0.0760. The number of carbonyl (C=O) groups is 2. The van der Waals surface area contributed by atoms with E-state index in [1.165, 1.54) is 44.9 Å². The number of nitrogens with one attached hydrogen (secondary N) is 1. The maximum Gasteiger partial charge on any atom is 0.322 e. The minimum Gasteiger partial charge on any atom is -0.480 e. The zero-order valence-electron chi connectivity index (χ0n) is 19.7. The molecule has 4 fully saturated rings. The van der Waals surface area contributed by atoms with Crippen LogP contribution in [0.15, 0.2) is 0 Å². The Hall–Kier alpha value is -1.10. The summed E-state index contributed by atoms with van der Waals surface area (Å²) in [5, 5.41) is 21.5. The van der Waals surface area contributed by atoms with Crippen molar-refractivity contribution in [2.75, 3.05) is 6.54 Å². The molecule has 5 nitrogen and oxygen atoms in total. The van der Waals surface area contributed by atoms with Crippen molar-refractivity contribution < 1.29 is 19.8 Å². The van der Waals surface area contributed by atoms with Crippen LogP contribution in [0.4, 0.5) is 0 Å². The number of hydrogen-bond acceptors (Lipinski definition) is 3. The van der Waals surface area contributed by atoms with Crippen molar-refractivity contribution >= 4 is 11.9 Å². The number of hydrogen-bond donors (Lipinski definition) is 3. The van der Waals surface area contributed by atoms with Crippen molar-refractivity contribution in [3.8, 4) is 0 Å². The number of amides is 1. The van der Waals surface area contributed by atoms with Gasteiger partial charge in [-0.05, 0) is 111 Å². The lowest BCUT2D eigenvalue weighted by atomic mass is 9.44. The molecule has 0 aromatic rings. The lowest BCUT2D eigenvalue weighted by molar-refractivity contribution is -0.138. The third-order valence-electron chi connectivity index (χ3n) is 10.7. The molecule has 9 atom stereocenters. The van der Waals surface area contributed by atoms with E-state index < -0.39 is 5.97 Å². The summed E-state index contributed by atoms with van der Waals surface area (Å²) in [5.41, 5.74) is 0.810. The van der Waals surface area contributed by atoms with Crippen LogP contribution in [0, 0.1) is 46.3 Å². The number of carbonyl (C=O) groups excluding carboxylic acids is 1. The molecule has 0 radical (unpaired) electrons. The predicted octanol–water partition coefficient (Wildman–Crippen LogP) is 4.62. The zero-order chi connectivity index (χ0) is 22.4. The topological polar surface area (TPSA) is 86.6 Å². The van der Waals surface area contributed by atoms with E-state index in [2.05, 4.69) is 26.1 Å². The summed E-state index contributed by atoms with van der Waals surface area (Å²) in [6.07, 6.45) is 12.3. The van der Waals surface area contributed by atoms with Gasteiger partial charge in [-0.1, -0.05) is 20.8 Å². The molecule has 5 heteroatoms. The van der Waals surface area contributed by atoms with Crippen molar-refractivity contribution in [1.82, 2.24) is 5.32 Å². The molecule has 31 heavy (non-hydrogen) atoms. The van der Waals surface area contributed by atoms with Crippen LogP contribution in [0.2, 0.25) is 0 Å². The van der Waals surface area contributed by atoms with Crippen LogP contribution >= 0.6 is 0 Å². The second kappa shape index (κ2) is 8.68. The molecule has 0 aliphatic heterocycles. The van der Waals surface area contributed by atoms with E-state index in [1.807, 2.05) is 0 Å². The molecule has 0 bridgehead atoms. The molecule has 0 saturated heterocycles. The molecule has 4 aliphatic rings. The van der Waals surface area contributed by atoms with E-state index >= 15 is 0 Å². The fourth-order valence-electron chi connectivity index (χ4n) is 9.03. The third-order valence-corrected chi connectivity index (χ3v) is 10.7. The van der Waals surface area contributed by atoms with Crippen molar-refractivity contribution in [3.63, 3.8) is 0 Å². The Morgan fingerprint density at radius 1 is 1.00 bits per heavy atom. The Morgan fingerprint density at radius 2 is 1.71 bits per heavy atom. The van der Waals surface area contributed by atoms with E-state index in [-0.39, 0.29) is 18.6 Å². The second-order valence-electron chi connectivity index (χ2n) is 12.0. The Balaban J connectivity index is 1.40. The molecule has 4 saturated carbocycles. The van der Waals surface area contributed by atoms with Gasteiger partial charge in [0.25, 0.3) is 0 Å². The van der Waals surface area contributed by atoms with E-state index in [1.54, 1.807) is 0 Å². The van der Waals surface area contributed by atoms with Crippen molar-refractivity contribution in [3.05, 3.63) is 0 Å². The summed E-state index contributed by atoms with van der Waals surface area (Å²) in [4.78, 5) is 22.7. The molecule has 4 aliphatic carbocycles. The molecule has 0 heterocycles. The second-order valence-corrected chi connectivity index (χ2v) is 12.0. The van der Waals surface area contributed by atoms with Crippen molar-refractivity contribution in [1.29, 1.82) is 0 Å². The van der Waals surface area contributed by atoms with E-state index in [0.29, 0.717) is 35.0 Å². The summed E-state index contributed by atoms with van der Waals surface area (Å²) in [6, 6.07) is 0. The average molecular weight is 434 g/mol. The van der Waals surface area contributed by atoms with Gasteiger partial charge >= 0.3 is 5.97 Å². The molecule has 3 N–H and O–H groups in total. The van der Waals surface area contributed by atoms with Gasteiger partial charge < -0.3 is 15.5 Å². The summed E-state index contributed by atoms with van der Waals surface area (Å²) in [6.45, 7) is 7.13. The lowest BCUT2D eigenvalue weighted by Gasteiger charge is -2.61. The highest BCUT2D eigenvalue weighted by Crippen LogP contribution is 2.68. The SMILES string of the molecule is C[C@H](CCC(=O)NCC(=O)O)[C@H]1CC[C@@H]2[C@@H]3CC[C@H]4C[C@H](O)CC[C@]4(C)[C@@H]3CC[C@@]21C. The maximum atomic E-state index is 12.0. The van der Waals surface area contributed by atoms with Gasteiger partial charge in [0, 0.05) is 6.42 Å². The number of fused-ring (bicyclic) bond motifs is 5. The fraction of sp³-hybridized carbons (Fsp3) is 0.923. The highest BCUT2D eigenvalue weighted by molar-refractivity contribution is 5.81. The number of carboxylic acid groups (broad SMARTS) is 1. The monoisotopic (exact) mass is 433 g/mol. The van der Waals surface area contributed by atoms with Crippen LogP contribution in [0.1, 0.15) is 91.4 Å². The number of aliphatic hydroxyl groups excluding tert-OH is 1. The summed E-state index contributed by atoms with van der Waals surface area (Å²) in [7, 11) is 0. The molecule has 4 rings (SSSR count). The zero-order valence-corrected chi connectivity index (χ0v) is 19.7. The fourth-order valence-corrected chi connectivity index (χ4v) is 9.03. The highest BCUT2D eigenvalue weighted by Gasteiger charge is 2.60. The Labute approximate surface area is 187 Å². The first kappa shape index (κ1) is 23.1. The first-order valence-corrected chi connectivity index (χ1v) is 12.8. The normalized spacial score (nSPS) is 45.2. The van der Waals surface area contributed by atoms with E-state index in [9.17, 15) is 14.7 Å². The summed E-state index contributed by atoms with van der Waals surface area (Å²) < 4.78 is 0. The first-order valence-electron chi connectivity index (χ1n) is 12.8. The van der Waals surface area contributed by atoms with E-state index in [0.717, 1.165) is 37.0 Å². The van der Waals surface area contributed by atoms with Crippen LogP contribution in [-0.2, 0) is 9.59 Å². The molecule has 0 spiro atoms. The van der Waals surface area contributed by atoms with E-state index in [4.69, 9.17) is 5.11 Å². The first-order chi connectivity index (χ1) is 14.6. The van der Waals surface area contributed by atoms with Crippen LogP contribution in [0.3, 0.4) is 0 Å². The van der Waals surface area contributed by atoms with Gasteiger partial charge in [0.2, 0.25) is 5.91 Å². The minimum atomic E-state index is -0.986. The molecule has 1 amide bonds. The van der Waals surface area contributed by atoms with Gasteiger partial charge in [0.1, 0.15) is 6.54 Å². The van der Waals surface area contributed by atoms with Crippen molar-refractivity contribution in [2.45, 2.75) is 97.5 Å². The molecule has 0 aromatic heterocycles. The Kier molecular flexibility index (Phi) is 6.46. The summed E-state index contributed by atoms with van der Waals surface area (Å²) >= 11 is 0. The van der Waals surface area contributed by atoms with Gasteiger partial charge in [-0.2, -0.15) is 0 Å². The Morgan fingerprint density at radius 3 is 2.45 bits per heavy atom. The predicted molar refractivity (Wildman–Crippen MR) is 120 cm³/mol. The van der Waals surface area contributed by atoms with Crippen LogP contribution in [0.5, 0.6) is 0 Å². The van der Waals surface area contributed by atoms with Crippen LogP contribution in [-0.4, -0.2) is 34.7 Å². The van der Waals surface area contributed by atoms with Gasteiger partial charge in [-0.3, -0.25) is 9.59 Å². The average Bonchev–Trinajstić information content (AvgIpc) is 3.08. The van der Waals surface area contributed by atoms with Crippen LogP contribution in [0.25, 0.3) is 0 Å². The van der Waals surface area contributed by atoms with Crippen molar-refractivity contribution in [2.24, 2.45) is 46.3 Å². The number of carboxylic acids is 1. The van der Waals surface area contributed by atoms with Gasteiger partial charge in [-0.15, -0.1) is 0 Å². The molecule has 0 unspecified atom stereocenters. The highest BCUT2D eigenvalue weighted by atomic mass is 16.4. The maximum absolute atomic E-state index is 12.0. The van der Waals surface area contributed by atoms with Crippen LogP contribution < -0.4 is 5.32 Å². The van der Waals surface area contributed by atoms with Gasteiger partial charge in [-0.25, -0.2) is 0 Å². The largest absolute Gasteiger partial charge is 0.480 e. The smallest absolute Gasteiger partial charge is 0.322 e. The molecular formula is C26H43NO4.